The summed E-state index contributed by atoms with van der Waals surface area (Å²) in [5, 5.41) is 8.70. The number of carboxylic acids is 1. The van der Waals surface area contributed by atoms with Crippen molar-refractivity contribution in [2.24, 2.45) is 0 Å². The Balaban J connectivity index is 4.56. The van der Waals surface area contributed by atoms with E-state index in [2.05, 4.69) is 0 Å². The van der Waals surface area contributed by atoms with E-state index in [1.165, 1.54) is 6.92 Å². The van der Waals surface area contributed by atoms with Gasteiger partial charge in [-0.25, -0.2) is 13.1 Å². The molecule has 0 aliphatic heterocycles. The van der Waals surface area contributed by atoms with Crippen LogP contribution >= 0.6 is 0 Å². The summed E-state index contributed by atoms with van der Waals surface area (Å²) >= 11 is 0. The molecule has 1 unspecified atom stereocenters. The number of carbonyl (C=O) groups is 2. The number of carboxylic acid groups (broad SMARTS) is 1. The third-order valence-corrected chi connectivity index (χ3v) is 3.23. The van der Waals surface area contributed by atoms with Gasteiger partial charge in [-0.2, -0.15) is 0 Å². The van der Waals surface area contributed by atoms with Crippen LogP contribution in [0.15, 0.2) is 0 Å². The SMILES string of the molecule is CCC(=O)CC(NS(=O)(=O)CC)C(=O)O. The molecule has 0 aliphatic carbocycles. The van der Waals surface area contributed by atoms with E-state index < -0.39 is 22.0 Å². The molecule has 88 valence electrons. The molecular formula is C8H15NO5S. The van der Waals surface area contributed by atoms with Crippen LogP contribution in [0.2, 0.25) is 0 Å². The second-order valence-corrected chi connectivity index (χ2v) is 5.05. The highest BCUT2D eigenvalue weighted by Gasteiger charge is 2.24. The third kappa shape index (κ3) is 5.48. The van der Waals surface area contributed by atoms with Crippen LogP contribution in [0, 0.1) is 0 Å². The Hall–Kier alpha value is -0.950. The van der Waals surface area contributed by atoms with Crippen molar-refractivity contribution in [1.29, 1.82) is 0 Å². The Morgan fingerprint density at radius 3 is 2.20 bits per heavy atom. The zero-order valence-corrected chi connectivity index (χ0v) is 9.50. The molecule has 0 heterocycles. The van der Waals surface area contributed by atoms with Crippen LogP contribution in [0.1, 0.15) is 26.7 Å². The van der Waals surface area contributed by atoms with E-state index in [1.807, 2.05) is 4.72 Å². The molecule has 0 saturated carbocycles. The summed E-state index contributed by atoms with van der Waals surface area (Å²) in [7, 11) is -3.60. The summed E-state index contributed by atoms with van der Waals surface area (Å²) in [5.74, 6) is -1.84. The van der Waals surface area contributed by atoms with Crippen LogP contribution in [0.5, 0.6) is 0 Å². The Morgan fingerprint density at radius 2 is 1.87 bits per heavy atom. The van der Waals surface area contributed by atoms with Crippen LogP contribution in [0.25, 0.3) is 0 Å². The summed E-state index contributed by atoms with van der Waals surface area (Å²) in [4.78, 5) is 21.7. The fraction of sp³-hybridized carbons (Fsp3) is 0.750. The van der Waals surface area contributed by atoms with Gasteiger partial charge >= 0.3 is 5.97 Å². The average molecular weight is 237 g/mol. The number of sulfonamides is 1. The van der Waals surface area contributed by atoms with Crippen LogP contribution < -0.4 is 4.72 Å². The quantitative estimate of drug-likeness (QED) is 0.635. The van der Waals surface area contributed by atoms with Crippen molar-refractivity contribution in [3.8, 4) is 0 Å². The zero-order chi connectivity index (χ0) is 12.1. The van der Waals surface area contributed by atoms with Gasteiger partial charge in [0.1, 0.15) is 11.8 Å². The molecule has 6 nitrogen and oxygen atoms in total. The van der Waals surface area contributed by atoms with Gasteiger partial charge in [0.15, 0.2) is 0 Å². The molecule has 0 aliphatic rings. The van der Waals surface area contributed by atoms with Gasteiger partial charge in [0.2, 0.25) is 10.0 Å². The van der Waals surface area contributed by atoms with E-state index in [1.54, 1.807) is 6.92 Å². The molecule has 7 heteroatoms. The highest BCUT2D eigenvalue weighted by molar-refractivity contribution is 7.89. The average Bonchev–Trinajstić information content (AvgIpc) is 2.16. The fourth-order valence-corrected chi connectivity index (χ4v) is 1.64. The minimum atomic E-state index is -3.60. The number of aliphatic carboxylic acids is 1. The maximum atomic E-state index is 11.1. The number of carbonyl (C=O) groups excluding carboxylic acids is 1. The van der Waals surface area contributed by atoms with Crippen molar-refractivity contribution in [3.05, 3.63) is 0 Å². The lowest BCUT2D eigenvalue weighted by molar-refractivity contribution is -0.140. The number of nitrogens with one attached hydrogen (secondary N) is 1. The molecule has 15 heavy (non-hydrogen) atoms. The van der Waals surface area contributed by atoms with Gasteiger partial charge in [0.25, 0.3) is 0 Å². The smallest absolute Gasteiger partial charge is 0.322 e. The van der Waals surface area contributed by atoms with E-state index in [4.69, 9.17) is 5.11 Å². The van der Waals surface area contributed by atoms with Gasteiger partial charge in [-0.3, -0.25) is 9.59 Å². The lowest BCUT2D eigenvalue weighted by Crippen LogP contribution is -2.42. The Labute approximate surface area is 88.7 Å². The summed E-state index contributed by atoms with van der Waals surface area (Å²) in [6.07, 6.45) is -0.122. The monoisotopic (exact) mass is 237 g/mol. The Bertz CT molecular complexity index is 335. The first-order chi connectivity index (χ1) is 6.82. The first-order valence-electron chi connectivity index (χ1n) is 4.56. The normalized spacial score (nSPS) is 13.5. The highest BCUT2D eigenvalue weighted by Crippen LogP contribution is 1.99. The molecule has 1 atom stereocenters. The van der Waals surface area contributed by atoms with E-state index >= 15 is 0 Å². The van der Waals surface area contributed by atoms with Crippen molar-refractivity contribution >= 4 is 21.8 Å². The number of ketones is 1. The molecule has 0 rings (SSSR count). The number of hydrogen-bond donors (Lipinski definition) is 2. The predicted octanol–water partition coefficient (Wildman–Crippen LogP) is -0.252. The Kier molecular flexibility index (Phi) is 5.45. The number of Topliss-reactive ketones (excluding diaryl/α,β-unsaturated/α-hetero) is 1. The molecule has 0 aromatic heterocycles. The van der Waals surface area contributed by atoms with Crippen LogP contribution in [-0.4, -0.2) is 37.1 Å². The Morgan fingerprint density at radius 1 is 1.33 bits per heavy atom. The van der Waals surface area contributed by atoms with Crippen LogP contribution in [-0.2, 0) is 19.6 Å². The van der Waals surface area contributed by atoms with Crippen molar-refractivity contribution in [2.75, 3.05) is 5.75 Å². The first-order valence-corrected chi connectivity index (χ1v) is 6.22. The first kappa shape index (κ1) is 14.1. The van der Waals surface area contributed by atoms with Crippen molar-refractivity contribution in [3.63, 3.8) is 0 Å². The minimum Gasteiger partial charge on any atom is -0.480 e. The predicted molar refractivity (Wildman–Crippen MR) is 53.9 cm³/mol. The molecule has 2 N–H and O–H groups in total. The second-order valence-electron chi connectivity index (χ2n) is 3.01. The molecule has 0 aromatic rings. The summed E-state index contributed by atoms with van der Waals surface area (Å²) < 4.78 is 24.2. The van der Waals surface area contributed by atoms with Gasteiger partial charge in [0.05, 0.1) is 5.75 Å². The number of rotatable bonds is 7. The topological polar surface area (TPSA) is 101 Å². The minimum absolute atomic E-state index is 0.192. The summed E-state index contributed by atoms with van der Waals surface area (Å²) in [5.41, 5.74) is 0. The van der Waals surface area contributed by atoms with Gasteiger partial charge in [0, 0.05) is 12.8 Å². The second kappa shape index (κ2) is 5.82. The van der Waals surface area contributed by atoms with Crippen molar-refractivity contribution in [2.45, 2.75) is 32.7 Å². The molecule has 0 bridgehead atoms. The van der Waals surface area contributed by atoms with Crippen molar-refractivity contribution < 1.29 is 23.1 Å². The van der Waals surface area contributed by atoms with Gasteiger partial charge < -0.3 is 5.11 Å². The lowest BCUT2D eigenvalue weighted by atomic mass is 10.1. The van der Waals surface area contributed by atoms with E-state index in [0.29, 0.717) is 0 Å². The summed E-state index contributed by atoms with van der Waals surface area (Å²) in [6, 6.07) is -1.36. The zero-order valence-electron chi connectivity index (χ0n) is 8.69. The molecule has 0 saturated heterocycles. The summed E-state index contributed by atoms with van der Waals surface area (Å²) in [6.45, 7) is 2.98. The molecule has 0 amide bonds. The van der Waals surface area contributed by atoms with E-state index in [9.17, 15) is 18.0 Å². The van der Waals surface area contributed by atoms with Crippen molar-refractivity contribution in [1.82, 2.24) is 4.72 Å². The standard InChI is InChI=1S/C8H15NO5S/c1-3-6(10)5-7(8(11)12)9-15(13,14)4-2/h7,9H,3-5H2,1-2H3,(H,11,12). The molecule has 0 aromatic carbocycles. The lowest BCUT2D eigenvalue weighted by Gasteiger charge is -2.12. The third-order valence-electron chi connectivity index (χ3n) is 1.83. The maximum Gasteiger partial charge on any atom is 0.322 e. The molecule has 0 spiro atoms. The van der Waals surface area contributed by atoms with E-state index in [-0.39, 0.29) is 24.4 Å². The fourth-order valence-electron chi connectivity index (χ4n) is 0.851. The molecular weight excluding hydrogens is 222 g/mol. The molecule has 0 fully saturated rings. The van der Waals surface area contributed by atoms with Crippen LogP contribution in [0.4, 0.5) is 0 Å². The van der Waals surface area contributed by atoms with Crippen LogP contribution in [0.3, 0.4) is 0 Å². The highest BCUT2D eigenvalue weighted by atomic mass is 32.2. The number of hydrogen-bond acceptors (Lipinski definition) is 4. The largest absolute Gasteiger partial charge is 0.480 e. The maximum absolute atomic E-state index is 11.1. The van der Waals surface area contributed by atoms with Gasteiger partial charge in [-0.15, -0.1) is 0 Å². The van der Waals surface area contributed by atoms with E-state index in [0.717, 1.165) is 0 Å². The van der Waals surface area contributed by atoms with Gasteiger partial charge in [-0.05, 0) is 6.92 Å². The van der Waals surface area contributed by atoms with Gasteiger partial charge in [-0.1, -0.05) is 6.92 Å². The molecule has 0 radical (unpaired) electrons.